The number of nitrogens with zero attached hydrogens (tertiary/aromatic N) is 1. The van der Waals surface area contributed by atoms with Crippen LogP contribution >= 0.6 is 7.82 Å². The first-order valence-corrected chi connectivity index (χ1v) is 9.83. The van der Waals surface area contributed by atoms with E-state index in [0.29, 0.717) is 5.57 Å². The van der Waals surface area contributed by atoms with E-state index >= 15 is 0 Å². The molecule has 2 bridgehead atoms. The lowest BCUT2D eigenvalue weighted by Crippen LogP contribution is -2.49. The maximum absolute atomic E-state index is 12.9. The summed E-state index contributed by atoms with van der Waals surface area (Å²) in [6.07, 6.45) is 3.40. The van der Waals surface area contributed by atoms with Crippen molar-refractivity contribution in [2.45, 2.75) is 25.0 Å². The Balaban J connectivity index is 1.79. The fourth-order valence-electron chi connectivity index (χ4n) is 3.96. The SMILES string of the molecule is C=C(C)C(=O)NCC12C=CC(C)(O1)C1C(=O)N(CCOP(=O)(O)O)C(=O)C12. The van der Waals surface area contributed by atoms with E-state index in [1.807, 2.05) is 0 Å². The molecule has 0 radical (unpaired) electrons. The summed E-state index contributed by atoms with van der Waals surface area (Å²) >= 11 is 0. The number of imide groups is 1. The average Bonchev–Trinajstić information content (AvgIpc) is 3.12. The number of ether oxygens (including phenoxy) is 1. The number of amides is 3. The van der Waals surface area contributed by atoms with E-state index in [1.54, 1.807) is 26.0 Å². The van der Waals surface area contributed by atoms with Crippen LogP contribution in [0.4, 0.5) is 0 Å². The zero-order chi connectivity index (χ0) is 20.2. The monoisotopic (exact) mass is 400 g/mol. The van der Waals surface area contributed by atoms with Crippen molar-refractivity contribution >= 4 is 25.5 Å². The maximum atomic E-state index is 12.9. The van der Waals surface area contributed by atoms with E-state index in [-0.39, 0.29) is 19.0 Å². The number of likely N-dealkylation sites (tertiary alicyclic amines) is 1. The van der Waals surface area contributed by atoms with Crippen LogP contribution in [0.1, 0.15) is 13.8 Å². The number of nitrogens with one attached hydrogen (secondary N) is 1. The van der Waals surface area contributed by atoms with E-state index in [1.165, 1.54) is 0 Å². The Labute approximate surface area is 155 Å². The highest BCUT2D eigenvalue weighted by Crippen LogP contribution is 2.57. The van der Waals surface area contributed by atoms with Crippen LogP contribution in [-0.2, 0) is 28.2 Å². The lowest BCUT2D eigenvalue weighted by Gasteiger charge is -2.29. The molecule has 3 aliphatic heterocycles. The van der Waals surface area contributed by atoms with Crippen LogP contribution in [0.3, 0.4) is 0 Å². The highest BCUT2D eigenvalue weighted by molar-refractivity contribution is 7.46. The smallest absolute Gasteiger partial charge is 0.357 e. The van der Waals surface area contributed by atoms with Crippen molar-refractivity contribution in [1.29, 1.82) is 0 Å². The molecular weight excluding hydrogens is 379 g/mol. The van der Waals surface area contributed by atoms with Gasteiger partial charge in [-0.15, -0.1) is 0 Å². The maximum Gasteiger partial charge on any atom is 0.469 e. The summed E-state index contributed by atoms with van der Waals surface area (Å²) in [5.74, 6) is -2.99. The lowest BCUT2D eigenvalue weighted by atomic mass is 9.72. The molecule has 27 heavy (non-hydrogen) atoms. The summed E-state index contributed by atoms with van der Waals surface area (Å²) in [7, 11) is -4.70. The zero-order valence-electron chi connectivity index (χ0n) is 14.9. The van der Waals surface area contributed by atoms with Crippen molar-refractivity contribution in [2.75, 3.05) is 19.7 Å². The predicted octanol–water partition coefficient (Wildman–Crippen LogP) is -0.513. The Morgan fingerprint density at radius 1 is 1.37 bits per heavy atom. The second-order valence-corrected chi connectivity index (χ2v) is 8.38. The molecule has 4 atom stereocenters. The first-order chi connectivity index (χ1) is 12.4. The molecule has 4 unspecified atom stereocenters. The van der Waals surface area contributed by atoms with Crippen molar-refractivity contribution in [3.05, 3.63) is 24.3 Å². The first kappa shape index (κ1) is 19.9. The summed E-state index contributed by atoms with van der Waals surface area (Å²) in [6.45, 7) is 6.03. The summed E-state index contributed by atoms with van der Waals surface area (Å²) in [6, 6.07) is 0. The Kier molecular flexibility index (Phi) is 4.69. The van der Waals surface area contributed by atoms with E-state index in [9.17, 15) is 18.9 Å². The van der Waals surface area contributed by atoms with Gasteiger partial charge in [-0.05, 0) is 13.8 Å². The Hall–Kier alpha value is -1.84. The van der Waals surface area contributed by atoms with Gasteiger partial charge in [0.15, 0.2) is 0 Å². The van der Waals surface area contributed by atoms with Gasteiger partial charge in [0, 0.05) is 5.57 Å². The van der Waals surface area contributed by atoms with Crippen molar-refractivity contribution < 1.29 is 38.0 Å². The largest absolute Gasteiger partial charge is 0.469 e. The van der Waals surface area contributed by atoms with Gasteiger partial charge in [0.1, 0.15) is 5.60 Å². The number of phosphoric ester groups is 1. The van der Waals surface area contributed by atoms with Crippen LogP contribution in [-0.4, -0.2) is 63.3 Å². The molecule has 0 aromatic heterocycles. The van der Waals surface area contributed by atoms with Gasteiger partial charge in [-0.25, -0.2) is 4.57 Å². The summed E-state index contributed by atoms with van der Waals surface area (Å²) < 4.78 is 21.1. The lowest BCUT2D eigenvalue weighted by molar-refractivity contribution is -0.147. The van der Waals surface area contributed by atoms with Crippen LogP contribution in [0.2, 0.25) is 0 Å². The molecule has 0 aromatic rings. The quantitative estimate of drug-likeness (QED) is 0.224. The van der Waals surface area contributed by atoms with Crippen molar-refractivity contribution in [3.63, 3.8) is 0 Å². The van der Waals surface area contributed by atoms with Gasteiger partial charge in [-0.3, -0.25) is 23.8 Å². The molecule has 2 saturated heterocycles. The molecule has 148 valence electrons. The van der Waals surface area contributed by atoms with E-state index in [4.69, 9.17) is 14.5 Å². The molecule has 11 heteroatoms. The van der Waals surface area contributed by atoms with Crippen molar-refractivity contribution in [3.8, 4) is 0 Å². The number of carbonyl (C=O) groups excluding carboxylic acids is 3. The molecule has 0 aliphatic carbocycles. The van der Waals surface area contributed by atoms with E-state index < -0.39 is 49.3 Å². The third-order valence-corrected chi connectivity index (χ3v) is 5.65. The van der Waals surface area contributed by atoms with Gasteiger partial charge in [0.2, 0.25) is 17.7 Å². The first-order valence-electron chi connectivity index (χ1n) is 8.30. The van der Waals surface area contributed by atoms with Crippen molar-refractivity contribution in [2.24, 2.45) is 11.8 Å². The molecule has 3 rings (SSSR count). The number of phosphoric acid groups is 1. The second kappa shape index (κ2) is 6.35. The van der Waals surface area contributed by atoms with Crippen LogP contribution in [0.25, 0.3) is 0 Å². The molecule has 3 amide bonds. The molecule has 3 N–H and O–H groups in total. The molecular formula is C16H21N2O8P. The fourth-order valence-corrected chi connectivity index (χ4v) is 4.28. The molecule has 2 fully saturated rings. The minimum absolute atomic E-state index is 0.00219. The van der Waals surface area contributed by atoms with Crippen LogP contribution < -0.4 is 5.32 Å². The van der Waals surface area contributed by atoms with E-state index in [0.717, 1.165) is 4.90 Å². The Morgan fingerprint density at radius 3 is 2.59 bits per heavy atom. The standard InChI is InChI=1S/C16H21N2O8P/c1-9(2)12(19)17-8-16-5-4-15(3,26-16)10-11(16)14(21)18(13(10)20)6-7-25-27(22,23)24/h4-5,10-11H,1,6-8H2,2-3H3,(H,17,19)(H2,22,23,24). The summed E-state index contributed by atoms with van der Waals surface area (Å²) in [5.41, 5.74) is -1.85. The van der Waals surface area contributed by atoms with Crippen molar-refractivity contribution in [1.82, 2.24) is 10.2 Å². The molecule has 0 saturated carbocycles. The zero-order valence-corrected chi connectivity index (χ0v) is 15.8. The summed E-state index contributed by atoms with van der Waals surface area (Å²) in [5, 5.41) is 2.66. The molecule has 10 nitrogen and oxygen atoms in total. The highest BCUT2D eigenvalue weighted by atomic mass is 31.2. The van der Waals surface area contributed by atoms with Gasteiger partial charge < -0.3 is 19.8 Å². The predicted molar refractivity (Wildman–Crippen MR) is 90.9 cm³/mol. The van der Waals surface area contributed by atoms with Gasteiger partial charge in [-0.1, -0.05) is 18.7 Å². The number of fused-ring (bicyclic) bond motifs is 5. The number of carbonyl (C=O) groups is 3. The molecule has 3 heterocycles. The topological polar surface area (TPSA) is 142 Å². The number of rotatable bonds is 7. The molecule has 3 aliphatic rings. The minimum atomic E-state index is -4.70. The highest BCUT2D eigenvalue weighted by Gasteiger charge is 2.71. The molecule has 0 aromatic carbocycles. The third kappa shape index (κ3) is 3.28. The summed E-state index contributed by atoms with van der Waals surface area (Å²) in [4.78, 5) is 55.9. The van der Waals surface area contributed by atoms with E-state index in [2.05, 4.69) is 16.4 Å². The normalized spacial score (nSPS) is 34.3. The van der Waals surface area contributed by atoms with Crippen LogP contribution in [0.5, 0.6) is 0 Å². The number of hydrogen-bond acceptors (Lipinski definition) is 6. The van der Waals surface area contributed by atoms with Gasteiger partial charge in [-0.2, -0.15) is 0 Å². The second-order valence-electron chi connectivity index (χ2n) is 7.14. The Morgan fingerprint density at radius 2 is 2.00 bits per heavy atom. The minimum Gasteiger partial charge on any atom is -0.357 e. The fraction of sp³-hybridized carbons (Fsp3) is 0.562. The number of hydrogen-bond donors (Lipinski definition) is 3. The van der Waals surface area contributed by atoms with Crippen LogP contribution in [0.15, 0.2) is 24.3 Å². The van der Waals surface area contributed by atoms with Gasteiger partial charge in [0.25, 0.3) is 0 Å². The van der Waals surface area contributed by atoms with Crippen LogP contribution in [0, 0.1) is 11.8 Å². The third-order valence-electron chi connectivity index (χ3n) is 5.13. The van der Waals surface area contributed by atoms with Gasteiger partial charge in [0.05, 0.1) is 37.1 Å². The molecule has 0 spiro atoms. The Bertz CT molecular complexity index is 804. The van der Waals surface area contributed by atoms with Gasteiger partial charge >= 0.3 is 7.82 Å². The average molecular weight is 400 g/mol.